The SMILES string of the molecule is COc1ccc(CCN(C)[C@@H](C)C(=O)Nc2ccccc2[N+](=O)[O-])cc1OC. The predicted octanol–water partition coefficient (Wildman–Crippen LogP) is 3.11. The van der Waals surface area contributed by atoms with Crippen molar-refractivity contribution in [3.8, 4) is 11.5 Å². The normalized spacial score (nSPS) is 11.8. The number of carbonyl (C=O) groups excluding carboxylic acids is 1. The van der Waals surface area contributed by atoms with Crippen molar-refractivity contribution in [3.63, 3.8) is 0 Å². The maximum absolute atomic E-state index is 12.5. The van der Waals surface area contributed by atoms with Crippen LogP contribution in [0.5, 0.6) is 11.5 Å². The molecule has 0 saturated heterocycles. The second-order valence-corrected chi connectivity index (χ2v) is 6.36. The lowest BCUT2D eigenvalue weighted by Crippen LogP contribution is -2.40. The summed E-state index contributed by atoms with van der Waals surface area (Å²) in [5.41, 5.74) is 1.12. The first-order chi connectivity index (χ1) is 13.4. The van der Waals surface area contributed by atoms with E-state index in [1.54, 1.807) is 33.3 Å². The molecule has 0 radical (unpaired) electrons. The average Bonchev–Trinajstić information content (AvgIpc) is 2.71. The summed E-state index contributed by atoms with van der Waals surface area (Å²) in [5, 5.41) is 13.7. The minimum Gasteiger partial charge on any atom is -0.493 e. The summed E-state index contributed by atoms with van der Waals surface area (Å²) < 4.78 is 10.5. The van der Waals surface area contributed by atoms with Gasteiger partial charge >= 0.3 is 0 Å². The molecule has 8 heteroatoms. The summed E-state index contributed by atoms with van der Waals surface area (Å²) in [4.78, 5) is 25.0. The van der Waals surface area contributed by atoms with Crippen LogP contribution >= 0.6 is 0 Å². The fraction of sp³-hybridized carbons (Fsp3) is 0.350. The van der Waals surface area contributed by atoms with Crippen molar-refractivity contribution in [2.24, 2.45) is 0 Å². The van der Waals surface area contributed by atoms with Gasteiger partial charge in [-0.05, 0) is 44.2 Å². The number of benzene rings is 2. The average molecular weight is 387 g/mol. The van der Waals surface area contributed by atoms with Crippen LogP contribution in [0.1, 0.15) is 12.5 Å². The molecule has 1 atom stereocenters. The molecule has 0 fully saturated rings. The molecule has 0 unspecified atom stereocenters. The summed E-state index contributed by atoms with van der Waals surface area (Å²) in [6, 6.07) is 11.3. The van der Waals surface area contributed by atoms with Crippen molar-refractivity contribution >= 4 is 17.3 Å². The fourth-order valence-electron chi connectivity index (χ4n) is 2.71. The van der Waals surface area contributed by atoms with E-state index in [1.807, 2.05) is 30.1 Å². The number of carbonyl (C=O) groups is 1. The van der Waals surface area contributed by atoms with Crippen LogP contribution in [0.3, 0.4) is 0 Å². The molecule has 0 heterocycles. The van der Waals surface area contributed by atoms with Crippen molar-refractivity contribution in [1.82, 2.24) is 4.90 Å². The lowest BCUT2D eigenvalue weighted by molar-refractivity contribution is -0.383. The van der Waals surface area contributed by atoms with Gasteiger partial charge in [0.2, 0.25) is 5.91 Å². The topological polar surface area (TPSA) is 93.9 Å². The quantitative estimate of drug-likeness (QED) is 0.525. The van der Waals surface area contributed by atoms with E-state index in [9.17, 15) is 14.9 Å². The van der Waals surface area contributed by atoms with Gasteiger partial charge in [-0.2, -0.15) is 0 Å². The molecule has 0 aliphatic carbocycles. The third-order valence-corrected chi connectivity index (χ3v) is 4.60. The molecule has 1 N–H and O–H groups in total. The molecule has 150 valence electrons. The molecule has 2 aromatic rings. The van der Waals surface area contributed by atoms with Gasteiger partial charge in [0.25, 0.3) is 5.69 Å². The number of para-hydroxylation sites is 2. The van der Waals surface area contributed by atoms with Crippen LogP contribution in [0, 0.1) is 10.1 Å². The highest BCUT2D eigenvalue weighted by atomic mass is 16.6. The number of anilines is 1. The van der Waals surface area contributed by atoms with Crippen molar-refractivity contribution in [2.75, 3.05) is 33.1 Å². The van der Waals surface area contributed by atoms with Crippen LogP contribution in [0.4, 0.5) is 11.4 Å². The number of ether oxygens (including phenoxy) is 2. The monoisotopic (exact) mass is 387 g/mol. The van der Waals surface area contributed by atoms with E-state index in [-0.39, 0.29) is 17.3 Å². The second-order valence-electron chi connectivity index (χ2n) is 6.36. The third-order valence-electron chi connectivity index (χ3n) is 4.60. The van der Waals surface area contributed by atoms with E-state index in [4.69, 9.17) is 9.47 Å². The van der Waals surface area contributed by atoms with E-state index >= 15 is 0 Å². The number of rotatable bonds is 9. The number of nitro groups is 1. The molecule has 8 nitrogen and oxygen atoms in total. The molecular formula is C20H25N3O5. The number of nitro benzene ring substituents is 1. The van der Waals surface area contributed by atoms with Gasteiger partial charge in [-0.3, -0.25) is 19.8 Å². The number of methoxy groups -OCH3 is 2. The molecule has 1 amide bonds. The van der Waals surface area contributed by atoms with Gasteiger partial charge in [-0.1, -0.05) is 18.2 Å². The molecule has 0 saturated carbocycles. The van der Waals surface area contributed by atoms with Crippen molar-refractivity contribution in [3.05, 3.63) is 58.1 Å². The largest absolute Gasteiger partial charge is 0.493 e. The molecule has 0 bridgehead atoms. The lowest BCUT2D eigenvalue weighted by atomic mass is 10.1. The molecule has 0 aliphatic rings. The van der Waals surface area contributed by atoms with E-state index in [2.05, 4.69) is 5.32 Å². The number of nitrogens with zero attached hydrogens (tertiary/aromatic N) is 2. The Morgan fingerprint density at radius 2 is 1.86 bits per heavy atom. The molecule has 0 aliphatic heterocycles. The predicted molar refractivity (Wildman–Crippen MR) is 107 cm³/mol. The van der Waals surface area contributed by atoms with Gasteiger partial charge in [0.1, 0.15) is 5.69 Å². The second kappa shape index (κ2) is 9.70. The first-order valence-electron chi connectivity index (χ1n) is 8.82. The Hall–Kier alpha value is -3.13. The number of nitrogens with one attached hydrogen (secondary N) is 1. The minimum atomic E-state index is -0.513. The number of amides is 1. The Morgan fingerprint density at radius 1 is 1.18 bits per heavy atom. The maximum atomic E-state index is 12.5. The molecule has 0 aromatic heterocycles. The van der Waals surface area contributed by atoms with Crippen LogP contribution in [0.25, 0.3) is 0 Å². The Balaban J connectivity index is 1.98. The van der Waals surface area contributed by atoms with E-state index in [0.29, 0.717) is 24.5 Å². The summed E-state index contributed by atoms with van der Waals surface area (Å²) in [7, 11) is 5.01. The molecule has 2 rings (SSSR count). The Morgan fingerprint density at radius 3 is 2.50 bits per heavy atom. The Bertz CT molecular complexity index is 840. The van der Waals surface area contributed by atoms with Crippen molar-refractivity contribution < 1.29 is 19.2 Å². The Labute approximate surface area is 164 Å². The fourth-order valence-corrected chi connectivity index (χ4v) is 2.71. The number of hydrogen-bond acceptors (Lipinski definition) is 6. The maximum Gasteiger partial charge on any atom is 0.292 e. The van der Waals surface area contributed by atoms with Gasteiger partial charge in [0, 0.05) is 12.6 Å². The molecule has 0 spiro atoms. The highest BCUT2D eigenvalue weighted by Gasteiger charge is 2.21. The van der Waals surface area contributed by atoms with Crippen LogP contribution in [0.15, 0.2) is 42.5 Å². The zero-order valence-electron chi connectivity index (χ0n) is 16.5. The molecule has 2 aromatic carbocycles. The van der Waals surface area contributed by atoms with Crippen molar-refractivity contribution in [1.29, 1.82) is 0 Å². The lowest BCUT2D eigenvalue weighted by Gasteiger charge is -2.24. The first kappa shape index (κ1) is 21.2. The number of hydrogen-bond donors (Lipinski definition) is 1. The summed E-state index contributed by atoms with van der Waals surface area (Å²) >= 11 is 0. The third kappa shape index (κ3) is 5.20. The minimum absolute atomic E-state index is 0.129. The van der Waals surface area contributed by atoms with E-state index in [0.717, 1.165) is 5.56 Å². The highest BCUT2D eigenvalue weighted by molar-refractivity contribution is 5.96. The number of likely N-dealkylation sites (N-methyl/N-ethyl adjacent to an activating group) is 1. The van der Waals surface area contributed by atoms with Crippen LogP contribution in [-0.4, -0.2) is 49.6 Å². The summed E-state index contributed by atoms with van der Waals surface area (Å²) in [5.74, 6) is 1.02. The molecular weight excluding hydrogens is 362 g/mol. The standard InChI is InChI=1S/C20H25N3O5/c1-14(20(24)21-16-7-5-6-8-17(16)23(25)26)22(2)12-11-15-9-10-18(27-3)19(13-15)28-4/h5-10,13-14H,11-12H2,1-4H3,(H,21,24)/t14-/m0/s1. The van der Waals surface area contributed by atoms with Crippen LogP contribution < -0.4 is 14.8 Å². The van der Waals surface area contributed by atoms with Crippen LogP contribution in [0.2, 0.25) is 0 Å². The van der Waals surface area contributed by atoms with Crippen LogP contribution in [-0.2, 0) is 11.2 Å². The zero-order chi connectivity index (χ0) is 20.7. The summed E-state index contributed by atoms with van der Waals surface area (Å²) in [6.07, 6.45) is 0.708. The van der Waals surface area contributed by atoms with Gasteiger partial charge in [0.15, 0.2) is 11.5 Å². The van der Waals surface area contributed by atoms with Gasteiger partial charge in [0.05, 0.1) is 25.2 Å². The summed E-state index contributed by atoms with van der Waals surface area (Å²) in [6.45, 7) is 2.39. The highest BCUT2D eigenvalue weighted by Crippen LogP contribution is 2.28. The van der Waals surface area contributed by atoms with Crippen molar-refractivity contribution in [2.45, 2.75) is 19.4 Å². The van der Waals surface area contributed by atoms with E-state index in [1.165, 1.54) is 12.1 Å². The van der Waals surface area contributed by atoms with E-state index < -0.39 is 11.0 Å². The van der Waals surface area contributed by atoms with Gasteiger partial charge < -0.3 is 14.8 Å². The zero-order valence-corrected chi connectivity index (χ0v) is 16.5. The Kier molecular flexibility index (Phi) is 7.34. The molecule has 28 heavy (non-hydrogen) atoms. The smallest absolute Gasteiger partial charge is 0.292 e. The first-order valence-corrected chi connectivity index (χ1v) is 8.82. The van der Waals surface area contributed by atoms with Gasteiger partial charge in [-0.15, -0.1) is 0 Å². The van der Waals surface area contributed by atoms with Gasteiger partial charge in [-0.25, -0.2) is 0 Å².